The molecule has 4 heterocycles. The van der Waals surface area contributed by atoms with E-state index < -0.39 is 47.1 Å². The highest BCUT2D eigenvalue weighted by molar-refractivity contribution is 6.31. The van der Waals surface area contributed by atoms with E-state index in [1.54, 1.807) is 41.3 Å². The number of amides is 3. The number of anilines is 1. The van der Waals surface area contributed by atoms with Crippen LogP contribution in [0.1, 0.15) is 18.2 Å². The lowest BCUT2D eigenvalue weighted by Gasteiger charge is -2.44. The van der Waals surface area contributed by atoms with Crippen molar-refractivity contribution >= 4 is 41.0 Å². The lowest BCUT2D eigenvalue weighted by molar-refractivity contribution is -0.154. The number of benzene rings is 1. The van der Waals surface area contributed by atoms with E-state index in [0.717, 1.165) is 4.90 Å². The second-order valence-electron chi connectivity index (χ2n) is 8.08. The van der Waals surface area contributed by atoms with Crippen LogP contribution in [0.2, 0.25) is 5.02 Å². The topological polar surface area (TPSA) is 109 Å². The first-order chi connectivity index (χ1) is 15.4. The molecule has 1 aromatic carbocycles. The Morgan fingerprint density at radius 1 is 1.22 bits per heavy atom. The average molecular weight is 458 g/mol. The summed E-state index contributed by atoms with van der Waals surface area (Å²) in [6.45, 7) is 0.671. The Labute approximate surface area is 188 Å². The Hall–Kier alpha value is -3.17. The standard InChI is InChI=1S/C22H20ClN3O6/c1-31-15(27)11-22-17-16(19(28)26(20(17)29)13-6-4-12(23)5-7-13)18(14-3-2-10-32-14)25(22)9-8-24-21(22)30/h2-7,10,16-18H,8-9,11H2,1H3,(H,24,30). The van der Waals surface area contributed by atoms with Crippen molar-refractivity contribution in [2.45, 2.75) is 18.0 Å². The molecule has 32 heavy (non-hydrogen) atoms. The molecule has 10 heteroatoms. The van der Waals surface area contributed by atoms with E-state index in [1.165, 1.54) is 13.4 Å². The Morgan fingerprint density at radius 2 is 1.97 bits per heavy atom. The van der Waals surface area contributed by atoms with Crippen LogP contribution in [0.4, 0.5) is 5.69 Å². The van der Waals surface area contributed by atoms with Crippen LogP contribution in [-0.4, -0.2) is 54.3 Å². The summed E-state index contributed by atoms with van der Waals surface area (Å²) in [6.07, 6.45) is 1.12. The molecule has 4 unspecified atom stereocenters. The van der Waals surface area contributed by atoms with Crippen LogP contribution >= 0.6 is 11.6 Å². The van der Waals surface area contributed by atoms with Gasteiger partial charge in [-0.2, -0.15) is 0 Å². The number of halogens is 1. The van der Waals surface area contributed by atoms with Gasteiger partial charge in [0.05, 0.1) is 43.4 Å². The fraction of sp³-hybridized carbons (Fsp3) is 0.364. The molecule has 4 atom stereocenters. The molecule has 0 radical (unpaired) electrons. The number of carbonyl (C=O) groups excluding carboxylic acids is 4. The minimum absolute atomic E-state index is 0.321. The van der Waals surface area contributed by atoms with Crippen molar-refractivity contribution in [3.8, 4) is 0 Å². The molecule has 2 aromatic rings. The minimum Gasteiger partial charge on any atom is -0.469 e. The van der Waals surface area contributed by atoms with Crippen molar-refractivity contribution in [3.05, 3.63) is 53.4 Å². The van der Waals surface area contributed by atoms with Crippen molar-refractivity contribution < 1.29 is 28.3 Å². The van der Waals surface area contributed by atoms with Gasteiger partial charge in [0.15, 0.2) is 0 Å². The summed E-state index contributed by atoms with van der Waals surface area (Å²) in [6, 6.07) is 9.04. The number of hydrogen-bond acceptors (Lipinski definition) is 7. The summed E-state index contributed by atoms with van der Waals surface area (Å²) in [5.74, 6) is -3.63. The van der Waals surface area contributed by atoms with Gasteiger partial charge in [0.1, 0.15) is 11.3 Å². The molecule has 3 aliphatic heterocycles. The predicted molar refractivity (Wildman–Crippen MR) is 111 cm³/mol. The second-order valence-corrected chi connectivity index (χ2v) is 8.51. The second kappa shape index (κ2) is 7.46. The van der Waals surface area contributed by atoms with Crippen LogP contribution in [0, 0.1) is 11.8 Å². The van der Waals surface area contributed by atoms with Gasteiger partial charge >= 0.3 is 5.97 Å². The zero-order chi connectivity index (χ0) is 22.6. The minimum atomic E-state index is -1.57. The number of carbonyl (C=O) groups is 4. The molecule has 166 valence electrons. The Bertz CT molecular complexity index is 1100. The van der Waals surface area contributed by atoms with Crippen LogP contribution in [-0.2, 0) is 23.9 Å². The third kappa shape index (κ3) is 2.74. The first kappa shape index (κ1) is 20.7. The van der Waals surface area contributed by atoms with Crippen molar-refractivity contribution in [2.75, 3.05) is 25.1 Å². The number of methoxy groups -OCH3 is 1. The Morgan fingerprint density at radius 3 is 2.62 bits per heavy atom. The van der Waals surface area contributed by atoms with E-state index >= 15 is 0 Å². The fourth-order valence-corrected chi connectivity index (χ4v) is 5.53. The number of nitrogens with one attached hydrogen (secondary N) is 1. The third-order valence-corrected chi connectivity index (χ3v) is 6.90. The first-order valence-electron chi connectivity index (χ1n) is 10.2. The summed E-state index contributed by atoms with van der Waals surface area (Å²) in [7, 11) is 1.22. The summed E-state index contributed by atoms with van der Waals surface area (Å²) in [4.78, 5) is 56.1. The maximum absolute atomic E-state index is 13.8. The van der Waals surface area contributed by atoms with Crippen molar-refractivity contribution in [1.82, 2.24) is 10.2 Å². The normalized spacial score (nSPS) is 29.6. The molecule has 5 rings (SSSR count). The lowest BCUT2D eigenvalue weighted by Crippen LogP contribution is -2.67. The van der Waals surface area contributed by atoms with Gasteiger partial charge in [-0.1, -0.05) is 11.6 Å². The van der Waals surface area contributed by atoms with Crippen molar-refractivity contribution in [1.29, 1.82) is 0 Å². The van der Waals surface area contributed by atoms with Gasteiger partial charge in [0.2, 0.25) is 17.7 Å². The molecule has 0 aliphatic carbocycles. The number of rotatable bonds is 4. The summed E-state index contributed by atoms with van der Waals surface area (Å²) < 4.78 is 10.5. The molecule has 1 aromatic heterocycles. The number of hydrogen-bond donors (Lipinski definition) is 1. The monoisotopic (exact) mass is 457 g/mol. The van der Waals surface area contributed by atoms with Crippen LogP contribution in [0.3, 0.4) is 0 Å². The van der Waals surface area contributed by atoms with Crippen LogP contribution in [0.15, 0.2) is 47.1 Å². The highest BCUT2D eigenvalue weighted by Gasteiger charge is 2.73. The van der Waals surface area contributed by atoms with Crippen LogP contribution < -0.4 is 10.2 Å². The van der Waals surface area contributed by atoms with Crippen LogP contribution in [0.5, 0.6) is 0 Å². The number of imide groups is 1. The van der Waals surface area contributed by atoms with Crippen LogP contribution in [0.25, 0.3) is 0 Å². The molecule has 3 saturated heterocycles. The van der Waals surface area contributed by atoms with Gasteiger partial charge in [-0.3, -0.25) is 24.1 Å². The smallest absolute Gasteiger partial charge is 0.307 e. The molecule has 0 saturated carbocycles. The maximum atomic E-state index is 13.8. The van der Waals surface area contributed by atoms with Crippen molar-refractivity contribution in [3.63, 3.8) is 0 Å². The molecule has 3 amide bonds. The van der Waals surface area contributed by atoms with E-state index in [2.05, 4.69) is 5.32 Å². The lowest BCUT2D eigenvalue weighted by atomic mass is 9.76. The van der Waals surface area contributed by atoms with E-state index in [4.69, 9.17) is 20.8 Å². The number of piperazine rings is 1. The van der Waals surface area contributed by atoms with Crippen molar-refractivity contribution in [2.24, 2.45) is 11.8 Å². The SMILES string of the molecule is COC(=O)CC12C(=O)NCCN1C(c1ccco1)C1C(=O)N(c3ccc(Cl)cc3)C(=O)C12. The molecule has 0 spiro atoms. The highest BCUT2D eigenvalue weighted by Crippen LogP contribution is 2.57. The predicted octanol–water partition coefficient (Wildman–Crippen LogP) is 1.53. The van der Waals surface area contributed by atoms with Gasteiger partial charge in [0, 0.05) is 18.1 Å². The molecule has 0 bridgehead atoms. The zero-order valence-corrected chi connectivity index (χ0v) is 17.9. The number of esters is 1. The van der Waals surface area contributed by atoms with Gasteiger partial charge in [-0.05, 0) is 36.4 Å². The zero-order valence-electron chi connectivity index (χ0n) is 17.1. The third-order valence-electron chi connectivity index (χ3n) is 6.65. The molecular formula is C22H20ClN3O6. The summed E-state index contributed by atoms with van der Waals surface area (Å²) in [5, 5.41) is 3.24. The Kier molecular flexibility index (Phi) is 4.83. The maximum Gasteiger partial charge on any atom is 0.307 e. The van der Waals surface area contributed by atoms with Gasteiger partial charge in [0.25, 0.3) is 0 Å². The summed E-state index contributed by atoms with van der Waals surface area (Å²) >= 11 is 5.97. The number of furan rings is 1. The fourth-order valence-electron chi connectivity index (χ4n) is 5.40. The largest absolute Gasteiger partial charge is 0.469 e. The van der Waals surface area contributed by atoms with Gasteiger partial charge < -0.3 is 14.5 Å². The van der Waals surface area contributed by atoms with E-state index in [9.17, 15) is 19.2 Å². The summed E-state index contributed by atoms with van der Waals surface area (Å²) in [5.41, 5.74) is -1.21. The molecule has 3 aliphatic rings. The first-order valence-corrected chi connectivity index (χ1v) is 10.6. The average Bonchev–Trinajstić information content (AvgIpc) is 3.46. The van der Waals surface area contributed by atoms with E-state index in [1.807, 2.05) is 0 Å². The van der Waals surface area contributed by atoms with Gasteiger partial charge in [-0.25, -0.2) is 4.90 Å². The molecular weight excluding hydrogens is 438 g/mol. The Balaban J connectivity index is 1.69. The molecule has 3 fully saturated rings. The number of fused-ring (bicyclic) bond motifs is 3. The highest BCUT2D eigenvalue weighted by atomic mass is 35.5. The number of nitrogens with zero attached hydrogens (tertiary/aromatic N) is 2. The quantitative estimate of drug-likeness (QED) is 0.547. The molecule has 9 nitrogen and oxygen atoms in total. The number of ether oxygens (including phenoxy) is 1. The van der Waals surface area contributed by atoms with Gasteiger partial charge in [-0.15, -0.1) is 0 Å². The molecule has 1 N–H and O–H groups in total. The van der Waals surface area contributed by atoms with E-state index in [-0.39, 0.29) is 6.42 Å². The van der Waals surface area contributed by atoms with E-state index in [0.29, 0.717) is 29.6 Å².